The van der Waals surface area contributed by atoms with Crippen molar-refractivity contribution in [3.05, 3.63) is 48.3 Å². The summed E-state index contributed by atoms with van der Waals surface area (Å²) in [4.78, 5) is 14.4. The molecule has 26 heavy (non-hydrogen) atoms. The number of aliphatic hydroxyl groups is 1. The molecule has 140 valence electrons. The van der Waals surface area contributed by atoms with Crippen molar-refractivity contribution in [2.75, 3.05) is 19.7 Å². The lowest BCUT2D eigenvalue weighted by molar-refractivity contribution is -0.131. The number of amides is 1. The summed E-state index contributed by atoms with van der Waals surface area (Å²) >= 11 is 0. The van der Waals surface area contributed by atoms with Crippen molar-refractivity contribution >= 4 is 5.91 Å². The zero-order valence-corrected chi connectivity index (χ0v) is 15.3. The minimum atomic E-state index is -0.885. The van der Waals surface area contributed by atoms with Crippen molar-refractivity contribution in [2.45, 2.75) is 44.8 Å². The number of rotatable bonds is 6. The van der Waals surface area contributed by atoms with E-state index in [1.165, 1.54) is 0 Å². The third-order valence-electron chi connectivity index (χ3n) is 4.99. The normalized spacial score (nSPS) is 20.6. The second kappa shape index (κ2) is 8.36. The molecule has 0 bridgehead atoms. The maximum atomic E-state index is 12.5. The van der Waals surface area contributed by atoms with Gasteiger partial charge in [-0.05, 0) is 44.4 Å². The van der Waals surface area contributed by atoms with Crippen molar-refractivity contribution in [3.63, 3.8) is 0 Å². The van der Waals surface area contributed by atoms with Gasteiger partial charge in [-0.15, -0.1) is 0 Å². The number of carbonyl (C=O) groups excluding carboxylic acids is 1. The topological polar surface area (TPSA) is 67.6 Å². The van der Waals surface area contributed by atoms with Gasteiger partial charge in [-0.1, -0.05) is 18.2 Å². The van der Waals surface area contributed by atoms with Crippen molar-refractivity contribution in [1.29, 1.82) is 0 Å². The minimum Gasteiger partial charge on any atom is -0.491 e. The third-order valence-corrected chi connectivity index (χ3v) is 4.99. The molecule has 6 heteroatoms. The summed E-state index contributed by atoms with van der Waals surface area (Å²) in [6.07, 6.45) is 4.13. The van der Waals surface area contributed by atoms with Crippen LogP contribution in [0.2, 0.25) is 0 Å². The summed E-state index contributed by atoms with van der Waals surface area (Å²) in [7, 11) is 0. The molecule has 1 aromatic heterocycles. The van der Waals surface area contributed by atoms with Crippen LogP contribution in [-0.2, 0) is 11.3 Å². The van der Waals surface area contributed by atoms with Gasteiger partial charge < -0.3 is 14.7 Å². The highest BCUT2D eigenvalue weighted by Gasteiger charge is 2.32. The molecule has 1 N–H and O–H groups in total. The Bertz CT molecular complexity index is 716. The second-order valence-electron chi connectivity index (χ2n) is 7.01. The first kappa shape index (κ1) is 18.5. The van der Waals surface area contributed by atoms with E-state index >= 15 is 0 Å². The van der Waals surface area contributed by atoms with E-state index in [0.29, 0.717) is 38.9 Å². The summed E-state index contributed by atoms with van der Waals surface area (Å²) in [5, 5.41) is 15.1. The van der Waals surface area contributed by atoms with Crippen LogP contribution in [0.4, 0.5) is 0 Å². The molecule has 0 aliphatic carbocycles. The lowest BCUT2D eigenvalue weighted by atomic mass is 9.96. The number of nitrogens with zero attached hydrogens (tertiary/aromatic N) is 3. The first-order chi connectivity index (χ1) is 12.6. The Morgan fingerprint density at radius 2 is 2.04 bits per heavy atom. The molecule has 2 aromatic rings. The molecule has 3 rings (SSSR count). The largest absolute Gasteiger partial charge is 0.491 e. The monoisotopic (exact) mass is 357 g/mol. The van der Waals surface area contributed by atoms with Gasteiger partial charge in [0.05, 0.1) is 0 Å². The van der Waals surface area contributed by atoms with Crippen LogP contribution in [-0.4, -0.2) is 51.0 Å². The Kier molecular flexibility index (Phi) is 5.93. The van der Waals surface area contributed by atoms with Crippen molar-refractivity contribution < 1.29 is 14.6 Å². The molecule has 0 radical (unpaired) electrons. The number of likely N-dealkylation sites (tertiary alicyclic amines) is 1. The van der Waals surface area contributed by atoms with Crippen molar-refractivity contribution in [2.24, 2.45) is 0 Å². The van der Waals surface area contributed by atoms with Gasteiger partial charge in [-0.25, -0.2) is 0 Å². The number of aryl methyl sites for hydroxylation is 2. The van der Waals surface area contributed by atoms with Gasteiger partial charge in [0.1, 0.15) is 18.0 Å². The number of hydrogen-bond donors (Lipinski definition) is 1. The van der Waals surface area contributed by atoms with Gasteiger partial charge in [-0.2, -0.15) is 5.10 Å². The molecule has 1 atom stereocenters. The summed E-state index contributed by atoms with van der Waals surface area (Å²) in [6, 6.07) is 11.5. The Balaban J connectivity index is 1.49. The van der Waals surface area contributed by atoms with Crippen LogP contribution in [0, 0.1) is 6.92 Å². The first-order valence-electron chi connectivity index (χ1n) is 9.22. The fraction of sp³-hybridized carbons (Fsp3) is 0.500. The van der Waals surface area contributed by atoms with Crippen LogP contribution in [0.15, 0.2) is 42.6 Å². The summed E-state index contributed by atoms with van der Waals surface area (Å²) in [5.41, 5.74) is 0.171. The zero-order chi connectivity index (χ0) is 18.4. The molecule has 6 nitrogen and oxygen atoms in total. The highest BCUT2D eigenvalue weighted by molar-refractivity contribution is 5.76. The number of carbonyl (C=O) groups is 1. The summed E-state index contributed by atoms with van der Waals surface area (Å²) < 4.78 is 7.59. The van der Waals surface area contributed by atoms with Gasteiger partial charge in [0, 0.05) is 37.9 Å². The lowest BCUT2D eigenvalue weighted by Gasteiger charge is -2.27. The van der Waals surface area contributed by atoms with E-state index < -0.39 is 5.60 Å². The lowest BCUT2D eigenvalue weighted by Crippen LogP contribution is -2.38. The SMILES string of the molecule is Cc1ccnn1CCC(=O)N1CCCC(O)(COc2ccccc2)CC1. The fourth-order valence-electron chi connectivity index (χ4n) is 3.30. The van der Waals surface area contributed by atoms with Gasteiger partial charge in [-0.3, -0.25) is 9.48 Å². The van der Waals surface area contributed by atoms with Gasteiger partial charge in [0.25, 0.3) is 0 Å². The summed E-state index contributed by atoms with van der Waals surface area (Å²) in [5.74, 6) is 0.876. The second-order valence-corrected chi connectivity index (χ2v) is 7.01. The molecule has 1 unspecified atom stereocenters. The van der Waals surface area contributed by atoms with E-state index in [2.05, 4.69) is 5.10 Å². The summed E-state index contributed by atoms with van der Waals surface area (Å²) in [6.45, 7) is 4.08. The average molecular weight is 357 g/mol. The molecule has 1 aliphatic heterocycles. The van der Waals surface area contributed by atoms with Crippen LogP contribution in [0.3, 0.4) is 0 Å². The Morgan fingerprint density at radius 1 is 1.23 bits per heavy atom. The Labute approximate surface area is 154 Å². The van der Waals surface area contributed by atoms with Crippen molar-refractivity contribution in [1.82, 2.24) is 14.7 Å². The number of hydrogen-bond acceptors (Lipinski definition) is 4. The van der Waals surface area contributed by atoms with Crippen LogP contribution >= 0.6 is 0 Å². The smallest absolute Gasteiger partial charge is 0.224 e. The van der Waals surface area contributed by atoms with Gasteiger partial charge in [0.2, 0.25) is 5.91 Å². The van der Waals surface area contributed by atoms with E-state index in [4.69, 9.17) is 4.74 Å². The highest BCUT2D eigenvalue weighted by atomic mass is 16.5. The van der Waals surface area contributed by atoms with Crippen LogP contribution in [0.25, 0.3) is 0 Å². The van der Waals surface area contributed by atoms with Gasteiger partial charge in [0.15, 0.2) is 0 Å². The molecule has 1 saturated heterocycles. The molecule has 1 amide bonds. The molecule has 1 fully saturated rings. The molecular weight excluding hydrogens is 330 g/mol. The Morgan fingerprint density at radius 3 is 2.77 bits per heavy atom. The minimum absolute atomic E-state index is 0.119. The molecule has 1 aliphatic rings. The molecule has 2 heterocycles. The fourth-order valence-corrected chi connectivity index (χ4v) is 3.30. The first-order valence-corrected chi connectivity index (χ1v) is 9.22. The van der Waals surface area contributed by atoms with Crippen LogP contribution in [0.5, 0.6) is 5.75 Å². The average Bonchev–Trinajstić information content (AvgIpc) is 2.96. The van der Waals surface area contributed by atoms with Crippen molar-refractivity contribution in [3.8, 4) is 5.75 Å². The highest BCUT2D eigenvalue weighted by Crippen LogP contribution is 2.24. The standard InChI is InChI=1S/C20H27N3O3/c1-17-8-12-21-23(17)14-9-19(24)22-13-5-10-20(25,11-15-22)16-26-18-6-3-2-4-7-18/h2-4,6-8,12,25H,5,9-11,13-16H2,1H3. The molecule has 0 spiro atoms. The number of para-hydroxylation sites is 1. The maximum absolute atomic E-state index is 12.5. The quantitative estimate of drug-likeness (QED) is 0.862. The van der Waals surface area contributed by atoms with Crippen LogP contribution in [0.1, 0.15) is 31.4 Å². The number of aromatic nitrogens is 2. The van der Waals surface area contributed by atoms with E-state index in [1.54, 1.807) is 6.20 Å². The maximum Gasteiger partial charge on any atom is 0.224 e. The van der Waals surface area contributed by atoms with Crippen LogP contribution < -0.4 is 4.74 Å². The Hall–Kier alpha value is -2.34. The van der Waals surface area contributed by atoms with E-state index in [-0.39, 0.29) is 12.5 Å². The zero-order valence-electron chi connectivity index (χ0n) is 15.3. The predicted octanol–water partition coefficient (Wildman–Crippen LogP) is 2.40. The molecule has 0 saturated carbocycles. The van der Waals surface area contributed by atoms with Gasteiger partial charge >= 0.3 is 0 Å². The number of benzene rings is 1. The number of ether oxygens (including phenoxy) is 1. The van der Waals surface area contributed by atoms with E-state index in [0.717, 1.165) is 17.9 Å². The third kappa shape index (κ3) is 4.85. The molecular formula is C20H27N3O3. The molecule has 1 aromatic carbocycles. The van der Waals surface area contributed by atoms with E-state index in [9.17, 15) is 9.90 Å². The predicted molar refractivity (Wildman–Crippen MR) is 98.9 cm³/mol. The van der Waals surface area contributed by atoms with E-state index in [1.807, 2.05) is 52.9 Å².